The van der Waals surface area contributed by atoms with Crippen LogP contribution in [-0.2, 0) is 16.0 Å². The Balaban J connectivity index is 1.71. The van der Waals surface area contributed by atoms with Crippen LogP contribution in [0.25, 0.3) is 5.76 Å². The van der Waals surface area contributed by atoms with Gasteiger partial charge in [0, 0.05) is 17.7 Å². The van der Waals surface area contributed by atoms with Crippen molar-refractivity contribution in [2.24, 2.45) is 0 Å². The van der Waals surface area contributed by atoms with E-state index >= 15 is 0 Å². The van der Waals surface area contributed by atoms with Crippen LogP contribution in [0.3, 0.4) is 0 Å². The number of fused-ring (bicyclic) bond motifs is 1. The van der Waals surface area contributed by atoms with Gasteiger partial charge in [-0.3, -0.25) is 14.5 Å². The fourth-order valence-corrected chi connectivity index (χ4v) is 4.42. The predicted molar refractivity (Wildman–Crippen MR) is 125 cm³/mol. The van der Waals surface area contributed by atoms with Gasteiger partial charge in [0.25, 0.3) is 11.7 Å². The summed E-state index contributed by atoms with van der Waals surface area (Å²) in [5.74, 6) is -0.242. The number of aryl methyl sites for hydroxylation is 1. The zero-order chi connectivity index (χ0) is 23.1. The Morgan fingerprint density at radius 1 is 1.06 bits per heavy atom. The van der Waals surface area contributed by atoms with Crippen LogP contribution in [0.2, 0.25) is 0 Å². The zero-order valence-corrected chi connectivity index (χ0v) is 18.4. The van der Waals surface area contributed by atoms with Crippen LogP contribution in [0.1, 0.15) is 28.3 Å². The molecule has 1 amide bonds. The number of carbonyl (C=O) groups is 2. The lowest BCUT2D eigenvalue weighted by Gasteiger charge is -2.26. The standard InChI is InChI=1S/C27H23NO5/c1-16-6-9-20(10-7-16)28-24(18-4-3-5-21(15-18)32-2)23(26(30)27(28)31)25(29)19-8-11-22-17(14-19)12-13-33-22/h3-11,14-15,24,29H,12-13H2,1-2H3/b25-23-. The molecular formula is C27H23NO5. The minimum atomic E-state index is -0.799. The summed E-state index contributed by atoms with van der Waals surface area (Å²) >= 11 is 0. The molecule has 0 aromatic heterocycles. The topological polar surface area (TPSA) is 76.1 Å². The number of anilines is 1. The Labute approximate surface area is 191 Å². The van der Waals surface area contributed by atoms with Gasteiger partial charge in [-0.1, -0.05) is 29.8 Å². The molecule has 1 fully saturated rings. The highest BCUT2D eigenvalue weighted by Gasteiger charge is 2.47. The molecule has 33 heavy (non-hydrogen) atoms. The minimum Gasteiger partial charge on any atom is -0.507 e. The van der Waals surface area contributed by atoms with E-state index in [0.29, 0.717) is 29.2 Å². The number of benzene rings is 3. The second-order valence-electron chi connectivity index (χ2n) is 8.20. The average Bonchev–Trinajstić information content (AvgIpc) is 3.41. The lowest BCUT2D eigenvalue weighted by Crippen LogP contribution is -2.29. The van der Waals surface area contributed by atoms with E-state index in [0.717, 1.165) is 23.3 Å². The highest BCUT2D eigenvalue weighted by Crippen LogP contribution is 2.43. The molecule has 0 aliphatic carbocycles. The maximum atomic E-state index is 13.3. The predicted octanol–water partition coefficient (Wildman–Crippen LogP) is 4.56. The van der Waals surface area contributed by atoms with Crippen LogP contribution in [0.15, 0.2) is 72.3 Å². The van der Waals surface area contributed by atoms with Crippen molar-refractivity contribution >= 4 is 23.1 Å². The van der Waals surface area contributed by atoms with Crippen molar-refractivity contribution in [3.63, 3.8) is 0 Å². The Kier molecular flexibility index (Phi) is 5.13. The largest absolute Gasteiger partial charge is 0.507 e. The molecule has 0 radical (unpaired) electrons. The monoisotopic (exact) mass is 441 g/mol. The van der Waals surface area contributed by atoms with Gasteiger partial charge >= 0.3 is 0 Å². The van der Waals surface area contributed by atoms with E-state index in [1.54, 1.807) is 49.6 Å². The first-order valence-corrected chi connectivity index (χ1v) is 10.8. The quantitative estimate of drug-likeness (QED) is 0.365. The van der Waals surface area contributed by atoms with Crippen molar-refractivity contribution in [2.75, 3.05) is 18.6 Å². The molecule has 5 rings (SSSR count). The number of hydrogen-bond donors (Lipinski definition) is 1. The van der Waals surface area contributed by atoms with Crippen molar-refractivity contribution in [3.8, 4) is 11.5 Å². The number of Topliss-reactive ketones (excluding diaryl/α,β-unsaturated/α-hetero) is 1. The summed E-state index contributed by atoms with van der Waals surface area (Å²) in [6.07, 6.45) is 0.730. The summed E-state index contributed by atoms with van der Waals surface area (Å²) in [4.78, 5) is 28.0. The number of amides is 1. The van der Waals surface area contributed by atoms with Crippen LogP contribution < -0.4 is 14.4 Å². The number of aliphatic hydroxyl groups is 1. The normalized spacial score (nSPS) is 18.8. The SMILES string of the molecule is COc1cccc(C2/C(=C(/O)c3ccc4c(c3)CCO4)C(=O)C(=O)N2c2ccc(C)cc2)c1. The van der Waals surface area contributed by atoms with Crippen molar-refractivity contribution in [1.29, 1.82) is 0 Å². The number of methoxy groups -OCH3 is 1. The summed E-state index contributed by atoms with van der Waals surface area (Å²) in [7, 11) is 1.56. The summed E-state index contributed by atoms with van der Waals surface area (Å²) in [5.41, 5.74) is 3.78. The number of ketones is 1. The van der Waals surface area contributed by atoms with E-state index < -0.39 is 17.7 Å². The second-order valence-corrected chi connectivity index (χ2v) is 8.20. The van der Waals surface area contributed by atoms with Gasteiger partial charge in [0.2, 0.25) is 0 Å². The molecule has 0 bridgehead atoms. The molecular weight excluding hydrogens is 418 g/mol. The highest BCUT2D eigenvalue weighted by atomic mass is 16.5. The number of rotatable bonds is 4. The fourth-order valence-electron chi connectivity index (χ4n) is 4.42. The summed E-state index contributed by atoms with van der Waals surface area (Å²) < 4.78 is 10.9. The molecule has 6 nitrogen and oxygen atoms in total. The Morgan fingerprint density at radius 3 is 2.61 bits per heavy atom. The first-order chi connectivity index (χ1) is 16.0. The zero-order valence-electron chi connectivity index (χ0n) is 18.4. The Hall–Kier alpha value is -4.06. The third-order valence-corrected chi connectivity index (χ3v) is 6.13. The molecule has 1 atom stereocenters. The van der Waals surface area contributed by atoms with E-state index in [9.17, 15) is 14.7 Å². The Bertz CT molecular complexity index is 1290. The van der Waals surface area contributed by atoms with Crippen LogP contribution in [0.4, 0.5) is 5.69 Å². The number of ether oxygens (including phenoxy) is 2. The van der Waals surface area contributed by atoms with Crippen molar-refractivity contribution < 1.29 is 24.2 Å². The third-order valence-electron chi connectivity index (χ3n) is 6.13. The molecule has 6 heteroatoms. The van der Waals surface area contributed by atoms with E-state index in [2.05, 4.69) is 0 Å². The third kappa shape index (κ3) is 3.53. The highest BCUT2D eigenvalue weighted by molar-refractivity contribution is 6.51. The number of aliphatic hydroxyl groups excluding tert-OH is 1. The molecule has 3 aromatic carbocycles. The molecule has 1 N–H and O–H groups in total. The van der Waals surface area contributed by atoms with E-state index in [1.165, 1.54) is 4.90 Å². The second kappa shape index (κ2) is 8.13. The lowest BCUT2D eigenvalue weighted by atomic mass is 9.94. The fraction of sp³-hybridized carbons (Fsp3) is 0.185. The molecule has 1 unspecified atom stereocenters. The first kappa shape index (κ1) is 20.8. The minimum absolute atomic E-state index is 0.0488. The molecule has 2 heterocycles. The van der Waals surface area contributed by atoms with Crippen LogP contribution in [-0.4, -0.2) is 30.5 Å². The van der Waals surface area contributed by atoms with Gasteiger partial charge in [-0.15, -0.1) is 0 Å². The molecule has 0 spiro atoms. The summed E-state index contributed by atoms with van der Waals surface area (Å²) in [6.45, 7) is 2.54. The number of carbonyl (C=O) groups excluding carboxylic acids is 2. The van der Waals surface area contributed by atoms with Gasteiger partial charge < -0.3 is 14.6 Å². The van der Waals surface area contributed by atoms with E-state index in [1.807, 2.05) is 31.2 Å². The maximum Gasteiger partial charge on any atom is 0.300 e. The van der Waals surface area contributed by atoms with E-state index in [4.69, 9.17) is 9.47 Å². The molecule has 3 aromatic rings. The first-order valence-electron chi connectivity index (χ1n) is 10.8. The summed E-state index contributed by atoms with van der Waals surface area (Å²) in [5, 5.41) is 11.3. The Morgan fingerprint density at radius 2 is 1.85 bits per heavy atom. The van der Waals surface area contributed by atoms with Gasteiger partial charge in [0.15, 0.2) is 0 Å². The molecule has 2 aliphatic rings. The van der Waals surface area contributed by atoms with Gasteiger partial charge in [-0.05, 0) is 60.5 Å². The van der Waals surface area contributed by atoms with Gasteiger partial charge in [0.05, 0.1) is 25.3 Å². The van der Waals surface area contributed by atoms with Crippen molar-refractivity contribution in [3.05, 3.63) is 94.6 Å². The maximum absolute atomic E-state index is 13.3. The van der Waals surface area contributed by atoms with Crippen LogP contribution in [0, 0.1) is 6.92 Å². The molecule has 0 saturated carbocycles. The van der Waals surface area contributed by atoms with Gasteiger partial charge in [0.1, 0.15) is 17.3 Å². The van der Waals surface area contributed by atoms with E-state index in [-0.39, 0.29) is 11.3 Å². The van der Waals surface area contributed by atoms with Crippen molar-refractivity contribution in [1.82, 2.24) is 0 Å². The van der Waals surface area contributed by atoms with Gasteiger partial charge in [-0.25, -0.2) is 0 Å². The van der Waals surface area contributed by atoms with Gasteiger partial charge in [-0.2, -0.15) is 0 Å². The smallest absolute Gasteiger partial charge is 0.300 e. The summed E-state index contributed by atoms with van der Waals surface area (Å²) in [6, 6.07) is 19.1. The molecule has 1 saturated heterocycles. The average molecular weight is 441 g/mol. The van der Waals surface area contributed by atoms with Crippen molar-refractivity contribution in [2.45, 2.75) is 19.4 Å². The number of nitrogens with zero attached hydrogens (tertiary/aromatic N) is 1. The lowest BCUT2D eigenvalue weighted by molar-refractivity contribution is -0.132. The molecule has 2 aliphatic heterocycles. The van der Waals surface area contributed by atoms with Crippen LogP contribution >= 0.6 is 0 Å². The van der Waals surface area contributed by atoms with Crippen LogP contribution in [0.5, 0.6) is 11.5 Å². The number of hydrogen-bond acceptors (Lipinski definition) is 5. The molecule has 166 valence electrons.